The first-order chi connectivity index (χ1) is 8.09. The number of hydrogen-bond donors (Lipinski definition) is 2. The maximum atomic E-state index is 10.8. The smallest absolute Gasteiger partial charge is 0.374 e. The Kier molecular flexibility index (Phi) is 3.07. The molecule has 1 saturated heterocycles. The van der Waals surface area contributed by atoms with E-state index in [9.17, 15) is 9.59 Å². The fraction of sp³-hybridized carbons (Fsp3) is 0.444. The van der Waals surface area contributed by atoms with Crippen LogP contribution in [0.4, 0.5) is 0 Å². The number of hydrogen-bond acceptors (Lipinski definition) is 6. The lowest BCUT2D eigenvalue weighted by Gasteiger charge is -2.19. The van der Waals surface area contributed by atoms with Gasteiger partial charge in [0.05, 0.1) is 19.8 Å². The number of oxazole rings is 1. The predicted molar refractivity (Wildman–Crippen MR) is 49.9 cm³/mol. The Morgan fingerprint density at radius 1 is 1.24 bits per heavy atom. The fourth-order valence-corrected chi connectivity index (χ4v) is 1.39. The van der Waals surface area contributed by atoms with Gasteiger partial charge in [0, 0.05) is 0 Å². The van der Waals surface area contributed by atoms with Crippen LogP contribution in [-0.4, -0.2) is 47.0 Å². The summed E-state index contributed by atoms with van der Waals surface area (Å²) in [7, 11) is 0. The average Bonchev–Trinajstić information content (AvgIpc) is 2.75. The van der Waals surface area contributed by atoms with Gasteiger partial charge < -0.3 is 24.1 Å². The van der Waals surface area contributed by atoms with Crippen LogP contribution < -0.4 is 0 Å². The Labute approximate surface area is 94.8 Å². The standard InChI is InChI=1S/C9H9NO7/c11-8(12)5-6(9(13)14)17-7(10-5)4-3-15-1-2-16-4/h4H,1-3H2,(H,11,12)(H,13,14). The van der Waals surface area contributed by atoms with Gasteiger partial charge >= 0.3 is 11.9 Å². The molecule has 8 heteroatoms. The van der Waals surface area contributed by atoms with E-state index >= 15 is 0 Å². The molecule has 0 bridgehead atoms. The number of carboxylic acid groups (broad SMARTS) is 2. The van der Waals surface area contributed by atoms with Crippen LogP contribution in [0.2, 0.25) is 0 Å². The summed E-state index contributed by atoms with van der Waals surface area (Å²) in [4.78, 5) is 25.1. The second kappa shape index (κ2) is 4.52. The highest BCUT2D eigenvalue weighted by Gasteiger charge is 2.29. The largest absolute Gasteiger partial charge is 0.476 e. The van der Waals surface area contributed by atoms with Crippen LogP contribution in [0.25, 0.3) is 0 Å². The van der Waals surface area contributed by atoms with Gasteiger partial charge in [-0.05, 0) is 0 Å². The van der Waals surface area contributed by atoms with Gasteiger partial charge in [0.2, 0.25) is 17.3 Å². The van der Waals surface area contributed by atoms with E-state index in [1.807, 2.05) is 0 Å². The van der Waals surface area contributed by atoms with Crippen LogP contribution in [0.15, 0.2) is 4.42 Å². The Bertz CT molecular complexity index is 415. The monoisotopic (exact) mass is 243 g/mol. The summed E-state index contributed by atoms with van der Waals surface area (Å²) in [5.41, 5.74) is -0.637. The first kappa shape index (κ1) is 11.6. The molecular formula is C9H9NO7. The van der Waals surface area contributed by atoms with E-state index in [0.29, 0.717) is 13.2 Å². The third-order valence-corrected chi connectivity index (χ3v) is 2.13. The Balaban J connectivity index is 2.32. The minimum Gasteiger partial charge on any atom is -0.476 e. The van der Waals surface area contributed by atoms with Crippen molar-refractivity contribution in [3.05, 3.63) is 17.3 Å². The zero-order valence-corrected chi connectivity index (χ0v) is 8.58. The summed E-state index contributed by atoms with van der Waals surface area (Å²) >= 11 is 0. The van der Waals surface area contributed by atoms with Gasteiger partial charge in [-0.3, -0.25) is 0 Å². The van der Waals surface area contributed by atoms with E-state index in [1.165, 1.54) is 0 Å². The van der Waals surface area contributed by atoms with Gasteiger partial charge in [-0.15, -0.1) is 0 Å². The maximum Gasteiger partial charge on any atom is 0.374 e. The summed E-state index contributed by atoms with van der Waals surface area (Å²) in [6, 6.07) is 0. The number of ether oxygens (including phenoxy) is 2. The van der Waals surface area contributed by atoms with E-state index < -0.39 is 29.5 Å². The third kappa shape index (κ3) is 2.27. The van der Waals surface area contributed by atoms with Gasteiger partial charge in [-0.1, -0.05) is 0 Å². The maximum absolute atomic E-state index is 10.8. The molecular weight excluding hydrogens is 234 g/mol. The van der Waals surface area contributed by atoms with Gasteiger partial charge in [0.15, 0.2) is 6.10 Å². The highest BCUT2D eigenvalue weighted by atomic mass is 16.6. The van der Waals surface area contributed by atoms with Crippen molar-refractivity contribution in [3.63, 3.8) is 0 Å². The van der Waals surface area contributed by atoms with E-state index in [1.54, 1.807) is 0 Å². The molecule has 1 aliphatic rings. The van der Waals surface area contributed by atoms with Crippen LogP contribution in [0.3, 0.4) is 0 Å². The molecule has 0 amide bonds. The molecule has 1 aliphatic heterocycles. The summed E-state index contributed by atoms with van der Waals surface area (Å²) in [6.07, 6.45) is -0.671. The summed E-state index contributed by atoms with van der Waals surface area (Å²) < 4.78 is 15.2. The molecule has 2 rings (SSSR count). The molecule has 2 heterocycles. The predicted octanol–water partition coefficient (Wildman–Crippen LogP) is 0.159. The molecule has 1 atom stereocenters. The van der Waals surface area contributed by atoms with E-state index in [2.05, 4.69) is 4.98 Å². The van der Waals surface area contributed by atoms with Gasteiger partial charge in [0.1, 0.15) is 0 Å². The zero-order valence-electron chi connectivity index (χ0n) is 8.58. The Morgan fingerprint density at radius 3 is 2.47 bits per heavy atom. The fourth-order valence-electron chi connectivity index (χ4n) is 1.39. The minimum atomic E-state index is -1.49. The molecule has 0 aliphatic carbocycles. The van der Waals surface area contributed by atoms with Crippen molar-refractivity contribution >= 4 is 11.9 Å². The van der Waals surface area contributed by atoms with Crippen molar-refractivity contribution in [2.24, 2.45) is 0 Å². The number of aromatic carboxylic acids is 2. The topological polar surface area (TPSA) is 119 Å². The van der Waals surface area contributed by atoms with Crippen LogP contribution in [0.1, 0.15) is 33.0 Å². The van der Waals surface area contributed by atoms with E-state index in [0.717, 1.165) is 0 Å². The first-order valence-electron chi connectivity index (χ1n) is 4.76. The van der Waals surface area contributed by atoms with E-state index in [4.69, 9.17) is 24.1 Å². The van der Waals surface area contributed by atoms with Crippen LogP contribution in [0.5, 0.6) is 0 Å². The number of aromatic nitrogens is 1. The molecule has 1 fully saturated rings. The molecule has 0 aromatic carbocycles. The normalized spacial score (nSPS) is 20.1. The Morgan fingerprint density at radius 2 is 2.00 bits per heavy atom. The van der Waals surface area contributed by atoms with Crippen molar-refractivity contribution in [2.45, 2.75) is 6.10 Å². The molecule has 1 aromatic heterocycles. The highest BCUT2D eigenvalue weighted by Crippen LogP contribution is 2.23. The molecule has 92 valence electrons. The van der Waals surface area contributed by atoms with Crippen LogP contribution in [0, 0.1) is 0 Å². The van der Waals surface area contributed by atoms with Crippen molar-refractivity contribution in [1.82, 2.24) is 4.98 Å². The SMILES string of the molecule is O=C(O)c1nc(C2COCCO2)oc1C(=O)O. The van der Waals surface area contributed by atoms with Crippen LogP contribution in [-0.2, 0) is 9.47 Å². The highest BCUT2D eigenvalue weighted by molar-refractivity contribution is 5.98. The molecule has 2 N–H and O–H groups in total. The lowest BCUT2D eigenvalue weighted by Crippen LogP contribution is -2.22. The summed E-state index contributed by atoms with van der Waals surface area (Å²) in [5, 5.41) is 17.5. The second-order valence-electron chi connectivity index (χ2n) is 3.27. The van der Waals surface area contributed by atoms with Gasteiger partial charge in [0.25, 0.3) is 0 Å². The second-order valence-corrected chi connectivity index (χ2v) is 3.27. The lowest BCUT2D eigenvalue weighted by molar-refractivity contribution is -0.0997. The quantitative estimate of drug-likeness (QED) is 0.770. The Hall–Kier alpha value is -1.93. The summed E-state index contributed by atoms with van der Waals surface area (Å²) in [6.45, 7) is 0.894. The number of carboxylic acids is 2. The van der Waals surface area contributed by atoms with Gasteiger partial charge in [-0.25, -0.2) is 14.6 Å². The number of carbonyl (C=O) groups is 2. The zero-order chi connectivity index (χ0) is 12.4. The van der Waals surface area contributed by atoms with Gasteiger partial charge in [-0.2, -0.15) is 0 Å². The molecule has 0 spiro atoms. The molecule has 17 heavy (non-hydrogen) atoms. The number of nitrogens with zero attached hydrogens (tertiary/aromatic N) is 1. The van der Waals surface area contributed by atoms with Crippen molar-refractivity contribution in [2.75, 3.05) is 19.8 Å². The van der Waals surface area contributed by atoms with Crippen molar-refractivity contribution in [3.8, 4) is 0 Å². The average molecular weight is 243 g/mol. The lowest BCUT2D eigenvalue weighted by atomic mass is 10.3. The first-order valence-corrected chi connectivity index (χ1v) is 4.76. The molecule has 8 nitrogen and oxygen atoms in total. The summed E-state index contributed by atoms with van der Waals surface area (Å²) in [5.74, 6) is -3.76. The third-order valence-electron chi connectivity index (χ3n) is 2.13. The molecule has 0 radical (unpaired) electrons. The van der Waals surface area contributed by atoms with Crippen LogP contribution >= 0.6 is 0 Å². The number of rotatable bonds is 3. The van der Waals surface area contributed by atoms with E-state index in [-0.39, 0.29) is 12.5 Å². The molecule has 1 unspecified atom stereocenters. The van der Waals surface area contributed by atoms with Crippen molar-refractivity contribution in [1.29, 1.82) is 0 Å². The molecule has 0 saturated carbocycles. The van der Waals surface area contributed by atoms with Crippen molar-refractivity contribution < 1.29 is 33.7 Å². The minimum absolute atomic E-state index is 0.0977. The molecule has 1 aromatic rings.